The van der Waals surface area contributed by atoms with Crippen LogP contribution in [0.25, 0.3) is 5.69 Å². The Morgan fingerprint density at radius 1 is 1.36 bits per heavy atom. The number of rotatable bonds is 7. The van der Waals surface area contributed by atoms with Crippen molar-refractivity contribution in [1.82, 2.24) is 30.4 Å². The standard InChI is InChI=1S/C17H25N7O/c1-3-15(16(25)23-10-9-13(12-23)11-18-2)19-17-20-21-22-24(17)14-7-5-4-6-8-14/h4-8,13,15,18H,3,9-12H2,1-2H3,(H,19,20,22)/t13-,15-/m0/s1. The van der Waals surface area contributed by atoms with Crippen molar-refractivity contribution >= 4 is 11.9 Å². The average molecular weight is 343 g/mol. The van der Waals surface area contributed by atoms with E-state index in [0.29, 0.717) is 18.3 Å². The fourth-order valence-electron chi connectivity index (χ4n) is 3.22. The van der Waals surface area contributed by atoms with Crippen LogP contribution in [0.5, 0.6) is 0 Å². The average Bonchev–Trinajstić information content (AvgIpc) is 3.29. The summed E-state index contributed by atoms with van der Waals surface area (Å²) in [6.45, 7) is 4.56. The number of carbonyl (C=O) groups is 1. The molecule has 0 aliphatic carbocycles. The van der Waals surface area contributed by atoms with Crippen molar-refractivity contribution in [3.05, 3.63) is 30.3 Å². The van der Waals surface area contributed by atoms with Gasteiger partial charge in [0, 0.05) is 13.1 Å². The van der Waals surface area contributed by atoms with Gasteiger partial charge in [0.05, 0.1) is 5.69 Å². The highest BCUT2D eigenvalue weighted by Crippen LogP contribution is 2.19. The van der Waals surface area contributed by atoms with Gasteiger partial charge in [0.2, 0.25) is 11.9 Å². The second kappa shape index (κ2) is 8.06. The van der Waals surface area contributed by atoms with Gasteiger partial charge in [-0.25, -0.2) is 0 Å². The molecule has 2 aromatic rings. The minimum atomic E-state index is -0.332. The molecule has 1 amide bonds. The van der Waals surface area contributed by atoms with Crippen molar-refractivity contribution in [1.29, 1.82) is 0 Å². The molecule has 1 aromatic carbocycles. The van der Waals surface area contributed by atoms with E-state index in [1.165, 1.54) is 0 Å². The van der Waals surface area contributed by atoms with Crippen molar-refractivity contribution in [2.75, 3.05) is 32.0 Å². The fraction of sp³-hybridized carbons (Fsp3) is 0.529. The Morgan fingerprint density at radius 3 is 2.88 bits per heavy atom. The molecule has 0 saturated carbocycles. The van der Waals surface area contributed by atoms with Gasteiger partial charge >= 0.3 is 0 Å². The van der Waals surface area contributed by atoms with Crippen LogP contribution in [0, 0.1) is 5.92 Å². The maximum absolute atomic E-state index is 12.9. The van der Waals surface area contributed by atoms with Gasteiger partial charge in [0.15, 0.2) is 0 Å². The number of nitrogens with zero attached hydrogens (tertiary/aromatic N) is 5. The second-order valence-electron chi connectivity index (χ2n) is 6.35. The van der Waals surface area contributed by atoms with Gasteiger partial charge in [-0.1, -0.05) is 30.2 Å². The van der Waals surface area contributed by atoms with Crippen LogP contribution in [0.2, 0.25) is 0 Å². The number of likely N-dealkylation sites (tertiary alicyclic amines) is 1. The Morgan fingerprint density at radius 2 is 2.16 bits per heavy atom. The van der Waals surface area contributed by atoms with Crippen LogP contribution in [-0.2, 0) is 4.79 Å². The first kappa shape index (κ1) is 17.3. The highest BCUT2D eigenvalue weighted by Gasteiger charge is 2.30. The molecule has 1 aliphatic rings. The van der Waals surface area contributed by atoms with E-state index < -0.39 is 0 Å². The zero-order valence-electron chi connectivity index (χ0n) is 14.7. The molecule has 0 unspecified atom stereocenters. The van der Waals surface area contributed by atoms with E-state index in [0.717, 1.165) is 31.7 Å². The Bertz CT molecular complexity index is 687. The van der Waals surface area contributed by atoms with E-state index in [2.05, 4.69) is 26.2 Å². The molecule has 2 heterocycles. The molecule has 2 atom stereocenters. The second-order valence-corrected chi connectivity index (χ2v) is 6.35. The number of benzene rings is 1. The third-order valence-corrected chi connectivity index (χ3v) is 4.57. The first-order valence-electron chi connectivity index (χ1n) is 8.76. The molecule has 134 valence electrons. The van der Waals surface area contributed by atoms with Crippen LogP contribution in [0.4, 0.5) is 5.95 Å². The molecule has 8 heteroatoms. The van der Waals surface area contributed by atoms with Crippen LogP contribution < -0.4 is 10.6 Å². The summed E-state index contributed by atoms with van der Waals surface area (Å²) in [4.78, 5) is 14.8. The third-order valence-electron chi connectivity index (χ3n) is 4.57. The molecule has 0 bridgehead atoms. The van der Waals surface area contributed by atoms with Gasteiger partial charge in [-0.05, 0) is 54.9 Å². The Balaban J connectivity index is 1.69. The number of carbonyl (C=O) groups excluding carboxylic acids is 1. The summed E-state index contributed by atoms with van der Waals surface area (Å²) in [6, 6.07) is 9.31. The molecule has 0 radical (unpaired) electrons. The normalized spacial score (nSPS) is 18.3. The lowest BCUT2D eigenvalue weighted by atomic mass is 10.1. The van der Waals surface area contributed by atoms with Crippen LogP contribution in [0.15, 0.2) is 30.3 Å². The van der Waals surface area contributed by atoms with Crippen molar-refractivity contribution in [3.8, 4) is 5.69 Å². The summed E-state index contributed by atoms with van der Waals surface area (Å²) in [7, 11) is 1.95. The Hall–Kier alpha value is -2.48. The number of para-hydroxylation sites is 1. The minimum absolute atomic E-state index is 0.115. The molecule has 1 fully saturated rings. The first-order valence-corrected chi connectivity index (χ1v) is 8.76. The minimum Gasteiger partial charge on any atom is -0.341 e. The number of anilines is 1. The molecule has 0 spiro atoms. The zero-order chi connectivity index (χ0) is 17.6. The monoisotopic (exact) mass is 343 g/mol. The summed E-state index contributed by atoms with van der Waals surface area (Å²) < 4.78 is 1.61. The van der Waals surface area contributed by atoms with Crippen molar-refractivity contribution in [2.24, 2.45) is 5.92 Å². The van der Waals surface area contributed by atoms with Crippen molar-refractivity contribution in [3.63, 3.8) is 0 Å². The quantitative estimate of drug-likeness (QED) is 0.777. The number of hydrogen-bond donors (Lipinski definition) is 2. The molecule has 1 saturated heterocycles. The summed E-state index contributed by atoms with van der Waals surface area (Å²) in [5, 5.41) is 18.2. The lowest BCUT2D eigenvalue weighted by Crippen LogP contribution is -2.42. The Kier molecular flexibility index (Phi) is 5.60. The fourth-order valence-corrected chi connectivity index (χ4v) is 3.22. The lowest BCUT2D eigenvalue weighted by Gasteiger charge is -2.23. The molecule has 3 rings (SSSR count). The van der Waals surface area contributed by atoms with Gasteiger partial charge in [-0.15, -0.1) is 0 Å². The van der Waals surface area contributed by atoms with E-state index >= 15 is 0 Å². The first-order chi connectivity index (χ1) is 12.2. The molecule has 2 N–H and O–H groups in total. The van der Waals surface area contributed by atoms with E-state index in [1.54, 1.807) is 4.68 Å². The SMILES string of the molecule is CC[C@H](Nc1nnnn1-c1ccccc1)C(=O)N1CC[C@@H](CNC)C1. The molecule has 1 aromatic heterocycles. The smallest absolute Gasteiger partial charge is 0.248 e. The lowest BCUT2D eigenvalue weighted by molar-refractivity contribution is -0.131. The number of aromatic nitrogens is 4. The number of amides is 1. The zero-order valence-corrected chi connectivity index (χ0v) is 14.7. The predicted molar refractivity (Wildman–Crippen MR) is 95.5 cm³/mol. The number of tetrazole rings is 1. The highest BCUT2D eigenvalue weighted by molar-refractivity contribution is 5.84. The van der Waals surface area contributed by atoms with Crippen molar-refractivity contribution in [2.45, 2.75) is 25.8 Å². The summed E-state index contributed by atoms with van der Waals surface area (Å²) in [5.41, 5.74) is 0.854. The maximum Gasteiger partial charge on any atom is 0.248 e. The molecule has 1 aliphatic heterocycles. The maximum atomic E-state index is 12.9. The van der Waals surface area contributed by atoms with E-state index in [1.807, 2.05) is 49.2 Å². The van der Waals surface area contributed by atoms with Crippen LogP contribution in [0.3, 0.4) is 0 Å². The molecule has 25 heavy (non-hydrogen) atoms. The van der Waals surface area contributed by atoms with Gasteiger partial charge in [0.1, 0.15) is 6.04 Å². The molecule has 8 nitrogen and oxygen atoms in total. The summed E-state index contributed by atoms with van der Waals surface area (Å²) in [6.07, 6.45) is 1.72. The topological polar surface area (TPSA) is 88.0 Å². The van der Waals surface area contributed by atoms with Crippen LogP contribution >= 0.6 is 0 Å². The van der Waals surface area contributed by atoms with E-state index in [9.17, 15) is 4.79 Å². The summed E-state index contributed by atoms with van der Waals surface area (Å²) >= 11 is 0. The van der Waals surface area contributed by atoms with Crippen molar-refractivity contribution < 1.29 is 4.79 Å². The largest absolute Gasteiger partial charge is 0.341 e. The number of nitrogens with one attached hydrogen (secondary N) is 2. The van der Waals surface area contributed by atoms with Gasteiger partial charge in [0.25, 0.3) is 0 Å². The van der Waals surface area contributed by atoms with E-state index in [4.69, 9.17) is 0 Å². The number of hydrogen-bond acceptors (Lipinski definition) is 6. The Labute approximate surface area is 147 Å². The van der Waals surface area contributed by atoms with Crippen LogP contribution in [-0.4, -0.2) is 63.7 Å². The molecular weight excluding hydrogens is 318 g/mol. The van der Waals surface area contributed by atoms with E-state index in [-0.39, 0.29) is 11.9 Å². The van der Waals surface area contributed by atoms with Gasteiger partial charge < -0.3 is 15.5 Å². The third kappa shape index (κ3) is 3.96. The molecular formula is C17H25N7O. The summed E-state index contributed by atoms with van der Waals surface area (Å²) in [5.74, 6) is 1.13. The van der Waals surface area contributed by atoms with Gasteiger partial charge in [-0.2, -0.15) is 4.68 Å². The predicted octanol–water partition coefficient (Wildman–Crippen LogP) is 0.921. The highest BCUT2D eigenvalue weighted by atomic mass is 16.2. The van der Waals surface area contributed by atoms with Gasteiger partial charge in [-0.3, -0.25) is 4.79 Å². The van der Waals surface area contributed by atoms with Crippen LogP contribution in [0.1, 0.15) is 19.8 Å².